The van der Waals surface area contributed by atoms with Crippen molar-refractivity contribution >= 4 is 11.6 Å². The molecule has 6 nitrogen and oxygen atoms in total. The van der Waals surface area contributed by atoms with Crippen molar-refractivity contribution in [1.29, 1.82) is 0 Å². The van der Waals surface area contributed by atoms with Gasteiger partial charge in [0.1, 0.15) is 5.69 Å². The van der Waals surface area contributed by atoms with Gasteiger partial charge in [-0.05, 0) is 42.7 Å². The van der Waals surface area contributed by atoms with E-state index in [2.05, 4.69) is 18.2 Å². The third kappa shape index (κ3) is 3.31. The number of rotatable bonds is 3. The van der Waals surface area contributed by atoms with E-state index in [1.165, 1.54) is 5.56 Å². The highest BCUT2D eigenvalue weighted by Crippen LogP contribution is 2.27. The SMILES string of the molecule is Cn1cccc1C(=O)N1CCC(c2nc3ccc(-c4ccccc4)cn3n2)CC1. The number of hydrogen-bond donors (Lipinski definition) is 0. The maximum absolute atomic E-state index is 12.7. The van der Waals surface area contributed by atoms with E-state index in [0.29, 0.717) is 0 Å². The third-order valence-corrected chi connectivity index (χ3v) is 5.76. The lowest BCUT2D eigenvalue weighted by Crippen LogP contribution is -2.38. The molecule has 1 amide bonds. The number of carbonyl (C=O) groups excluding carboxylic acids is 1. The van der Waals surface area contributed by atoms with E-state index in [4.69, 9.17) is 10.1 Å². The molecule has 0 unspecified atom stereocenters. The van der Waals surface area contributed by atoms with Gasteiger partial charge < -0.3 is 9.47 Å². The number of carbonyl (C=O) groups is 1. The smallest absolute Gasteiger partial charge is 0.270 e. The van der Waals surface area contributed by atoms with Crippen LogP contribution in [0.15, 0.2) is 67.0 Å². The number of fused-ring (bicyclic) bond motifs is 1. The van der Waals surface area contributed by atoms with E-state index in [0.717, 1.165) is 48.7 Å². The van der Waals surface area contributed by atoms with E-state index in [1.54, 1.807) is 0 Å². The second-order valence-corrected chi connectivity index (χ2v) is 7.63. The van der Waals surface area contributed by atoms with Crippen LogP contribution in [-0.2, 0) is 7.05 Å². The maximum Gasteiger partial charge on any atom is 0.270 e. The molecule has 0 aliphatic carbocycles. The summed E-state index contributed by atoms with van der Waals surface area (Å²) in [4.78, 5) is 19.4. The van der Waals surface area contributed by atoms with Crippen molar-refractivity contribution in [2.24, 2.45) is 7.05 Å². The normalized spacial score (nSPS) is 15.1. The van der Waals surface area contributed by atoms with Crippen LogP contribution in [0.3, 0.4) is 0 Å². The fraction of sp³-hybridized carbons (Fsp3) is 0.261. The Bertz CT molecular complexity index is 1150. The molecule has 146 valence electrons. The summed E-state index contributed by atoms with van der Waals surface area (Å²) in [7, 11) is 1.91. The molecule has 1 fully saturated rings. The molecule has 6 heteroatoms. The second-order valence-electron chi connectivity index (χ2n) is 7.63. The van der Waals surface area contributed by atoms with Gasteiger partial charge in [0.15, 0.2) is 11.5 Å². The highest BCUT2D eigenvalue weighted by atomic mass is 16.2. The molecule has 0 bridgehead atoms. The first-order valence-corrected chi connectivity index (χ1v) is 10.0. The van der Waals surface area contributed by atoms with Crippen molar-refractivity contribution in [3.63, 3.8) is 0 Å². The summed E-state index contributed by atoms with van der Waals surface area (Å²) < 4.78 is 3.75. The predicted octanol–water partition coefficient (Wildman–Crippen LogP) is 3.75. The van der Waals surface area contributed by atoms with Crippen LogP contribution in [0.4, 0.5) is 0 Å². The first-order chi connectivity index (χ1) is 14.2. The van der Waals surface area contributed by atoms with Crippen molar-refractivity contribution in [2.75, 3.05) is 13.1 Å². The van der Waals surface area contributed by atoms with Crippen molar-refractivity contribution in [2.45, 2.75) is 18.8 Å². The number of aryl methyl sites for hydroxylation is 1. The predicted molar refractivity (Wildman–Crippen MR) is 112 cm³/mol. The maximum atomic E-state index is 12.7. The second kappa shape index (κ2) is 7.20. The molecule has 0 radical (unpaired) electrons. The van der Waals surface area contributed by atoms with Crippen molar-refractivity contribution < 1.29 is 4.79 Å². The molecule has 5 rings (SSSR count). The van der Waals surface area contributed by atoms with Crippen LogP contribution in [0, 0.1) is 0 Å². The Morgan fingerprint density at radius 2 is 1.76 bits per heavy atom. The molecule has 1 aliphatic rings. The molecule has 0 atom stereocenters. The average molecular weight is 385 g/mol. The number of pyridine rings is 1. The monoisotopic (exact) mass is 385 g/mol. The Balaban J connectivity index is 1.32. The van der Waals surface area contributed by atoms with Crippen LogP contribution in [-0.4, -0.2) is 43.1 Å². The Kier molecular flexibility index (Phi) is 4.39. The number of piperidine rings is 1. The lowest BCUT2D eigenvalue weighted by atomic mass is 9.96. The third-order valence-electron chi connectivity index (χ3n) is 5.76. The number of aromatic nitrogens is 4. The van der Waals surface area contributed by atoms with E-state index in [1.807, 2.05) is 69.8 Å². The molecule has 1 aliphatic heterocycles. The molecule has 0 N–H and O–H groups in total. The summed E-state index contributed by atoms with van der Waals surface area (Å²) >= 11 is 0. The van der Waals surface area contributed by atoms with Crippen LogP contribution in [0.25, 0.3) is 16.8 Å². The van der Waals surface area contributed by atoms with Crippen molar-refractivity contribution in [3.8, 4) is 11.1 Å². The van der Waals surface area contributed by atoms with E-state index < -0.39 is 0 Å². The quantitative estimate of drug-likeness (QED) is 0.540. The topological polar surface area (TPSA) is 55.4 Å². The van der Waals surface area contributed by atoms with Crippen LogP contribution >= 0.6 is 0 Å². The van der Waals surface area contributed by atoms with Gasteiger partial charge in [-0.15, -0.1) is 0 Å². The summed E-state index contributed by atoms with van der Waals surface area (Å²) in [6.45, 7) is 1.47. The van der Waals surface area contributed by atoms with E-state index in [-0.39, 0.29) is 11.8 Å². The van der Waals surface area contributed by atoms with Crippen LogP contribution in [0.2, 0.25) is 0 Å². The molecule has 1 saturated heterocycles. The molecule has 0 spiro atoms. The summed E-state index contributed by atoms with van der Waals surface area (Å²) in [5.41, 5.74) is 3.89. The molecule has 0 saturated carbocycles. The zero-order chi connectivity index (χ0) is 19.8. The molecule has 4 aromatic rings. The molecule has 1 aromatic carbocycles. The molecular weight excluding hydrogens is 362 g/mol. The highest BCUT2D eigenvalue weighted by molar-refractivity contribution is 5.92. The molecule has 4 heterocycles. The first kappa shape index (κ1) is 17.7. The molecule has 3 aromatic heterocycles. The zero-order valence-corrected chi connectivity index (χ0v) is 16.4. The molecular formula is C23H23N5O. The lowest BCUT2D eigenvalue weighted by Gasteiger charge is -2.30. The van der Waals surface area contributed by atoms with Gasteiger partial charge in [-0.3, -0.25) is 4.79 Å². The summed E-state index contributed by atoms with van der Waals surface area (Å²) in [5.74, 6) is 1.26. The number of benzene rings is 1. The first-order valence-electron chi connectivity index (χ1n) is 10.0. The minimum Gasteiger partial charge on any atom is -0.347 e. The highest BCUT2D eigenvalue weighted by Gasteiger charge is 2.27. The van der Waals surface area contributed by atoms with E-state index >= 15 is 0 Å². The lowest BCUT2D eigenvalue weighted by molar-refractivity contribution is 0.0701. The van der Waals surface area contributed by atoms with Crippen molar-refractivity contribution in [3.05, 3.63) is 78.5 Å². The van der Waals surface area contributed by atoms with Gasteiger partial charge in [0, 0.05) is 44.0 Å². The van der Waals surface area contributed by atoms with Gasteiger partial charge in [0.2, 0.25) is 0 Å². The fourth-order valence-corrected chi connectivity index (χ4v) is 4.06. The van der Waals surface area contributed by atoms with Gasteiger partial charge in [0.05, 0.1) is 0 Å². The Morgan fingerprint density at radius 3 is 2.48 bits per heavy atom. The summed E-state index contributed by atoms with van der Waals surface area (Å²) in [6, 6.07) is 18.2. The summed E-state index contributed by atoms with van der Waals surface area (Å²) in [6.07, 6.45) is 5.72. The van der Waals surface area contributed by atoms with Crippen LogP contribution in [0.1, 0.15) is 35.1 Å². The zero-order valence-electron chi connectivity index (χ0n) is 16.4. The number of amides is 1. The average Bonchev–Trinajstić information content (AvgIpc) is 3.39. The largest absolute Gasteiger partial charge is 0.347 e. The van der Waals surface area contributed by atoms with Gasteiger partial charge >= 0.3 is 0 Å². The number of nitrogens with zero attached hydrogens (tertiary/aromatic N) is 5. The summed E-state index contributed by atoms with van der Waals surface area (Å²) in [5, 5.41) is 4.75. The van der Waals surface area contributed by atoms with Gasteiger partial charge in [-0.2, -0.15) is 5.10 Å². The minimum atomic E-state index is 0.103. The van der Waals surface area contributed by atoms with Crippen LogP contribution < -0.4 is 0 Å². The van der Waals surface area contributed by atoms with E-state index in [9.17, 15) is 4.79 Å². The van der Waals surface area contributed by atoms with Gasteiger partial charge in [-0.25, -0.2) is 9.50 Å². The standard InChI is InChI=1S/C23H23N5O/c1-26-13-5-8-20(26)23(29)27-14-11-18(12-15-27)22-24-21-10-9-19(16-28(21)25-22)17-6-3-2-4-7-17/h2-10,13,16,18H,11-12,14-15H2,1H3. The number of hydrogen-bond acceptors (Lipinski definition) is 3. The number of likely N-dealkylation sites (tertiary alicyclic amines) is 1. The van der Waals surface area contributed by atoms with Crippen molar-refractivity contribution in [1.82, 2.24) is 24.1 Å². The van der Waals surface area contributed by atoms with Gasteiger partial charge in [-0.1, -0.05) is 30.3 Å². The molecule has 29 heavy (non-hydrogen) atoms. The van der Waals surface area contributed by atoms with Crippen LogP contribution in [0.5, 0.6) is 0 Å². The van der Waals surface area contributed by atoms with Gasteiger partial charge in [0.25, 0.3) is 5.91 Å². The minimum absolute atomic E-state index is 0.103. The Morgan fingerprint density at radius 1 is 0.966 bits per heavy atom. The Hall–Kier alpha value is -3.41. The fourth-order valence-electron chi connectivity index (χ4n) is 4.06. The Labute approximate surface area is 169 Å².